The fourth-order valence-electron chi connectivity index (χ4n) is 4.58. The van der Waals surface area contributed by atoms with E-state index in [0.717, 1.165) is 50.6 Å². The van der Waals surface area contributed by atoms with Crippen molar-refractivity contribution in [1.29, 1.82) is 0 Å². The Morgan fingerprint density at radius 2 is 2.07 bits per heavy atom. The number of carbonyl (C=O) groups is 1. The topological polar surface area (TPSA) is 58.6 Å². The van der Waals surface area contributed by atoms with Gasteiger partial charge in [-0.3, -0.25) is 14.7 Å². The normalized spacial score (nSPS) is 22.6. The fourth-order valence-corrected chi connectivity index (χ4v) is 4.58. The lowest BCUT2D eigenvalue weighted by atomic mass is 9.79. The number of amides is 1. The molecule has 0 N–H and O–H groups in total. The summed E-state index contributed by atoms with van der Waals surface area (Å²) in [6.45, 7) is 6.57. The predicted octanol–water partition coefficient (Wildman–Crippen LogP) is 2.92. The van der Waals surface area contributed by atoms with Gasteiger partial charge in [-0.05, 0) is 50.4 Å². The van der Waals surface area contributed by atoms with Gasteiger partial charge in [-0.15, -0.1) is 0 Å². The molecule has 3 heterocycles. The summed E-state index contributed by atoms with van der Waals surface area (Å²) in [5.74, 6) is 0.912. The smallest absolute Gasteiger partial charge is 0.274 e. The van der Waals surface area contributed by atoms with Gasteiger partial charge in [-0.2, -0.15) is 0 Å². The van der Waals surface area contributed by atoms with E-state index < -0.39 is 0 Å². The molecule has 2 saturated heterocycles. The highest BCUT2D eigenvalue weighted by Crippen LogP contribution is 2.39. The number of aryl methyl sites for hydroxylation is 1. The number of methoxy groups -OCH3 is 1. The molecule has 0 radical (unpaired) electrons. The molecule has 1 aromatic carbocycles. The first-order valence-electron chi connectivity index (χ1n) is 10.0. The van der Waals surface area contributed by atoms with E-state index in [1.165, 1.54) is 18.4 Å². The Bertz CT molecular complexity index is 839. The second-order valence-electron chi connectivity index (χ2n) is 8.19. The van der Waals surface area contributed by atoms with Crippen molar-refractivity contribution in [2.24, 2.45) is 5.41 Å². The van der Waals surface area contributed by atoms with Crippen molar-refractivity contribution in [3.63, 3.8) is 0 Å². The zero-order valence-electron chi connectivity index (χ0n) is 16.7. The quantitative estimate of drug-likeness (QED) is 0.816. The van der Waals surface area contributed by atoms with E-state index in [-0.39, 0.29) is 11.3 Å². The molecule has 1 spiro atoms. The van der Waals surface area contributed by atoms with Crippen molar-refractivity contribution < 1.29 is 9.53 Å². The highest BCUT2D eigenvalue weighted by Gasteiger charge is 2.43. The molecular formula is C22H28N4O2. The lowest BCUT2D eigenvalue weighted by Gasteiger charge is -2.40. The molecule has 1 aromatic heterocycles. The van der Waals surface area contributed by atoms with Crippen LogP contribution in [0.4, 0.5) is 0 Å². The first-order valence-corrected chi connectivity index (χ1v) is 10.0. The second kappa shape index (κ2) is 7.87. The Kier molecular flexibility index (Phi) is 5.31. The highest BCUT2D eigenvalue weighted by molar-refractivity contribution is 5.92. The average molecular weight is 380 g/mol. The van der Waals surface area contributed by atoms with Crippen molar-refractivity contribution in [1.82, 2.24) is 19.8 Å². The number of carbonyl (C=O) groups excluding carboxylic acids is 1. The van der Waals surface area contributed by atoms with Crippen LogP contribution in [0.15, 0.2) is 36.7 Å². The Morgan fingerprint density at radius 3 is 2.86 bits per heavy atom. The molecule has 0 saturated carbocycles. The Labute approximate surface area is 166 Å². The minimum Gasteiger partial charge on any atom is -0.497 e. The Morgan fingerprint density at radius 1 is 1.18 bits per heavy atom. The van der Waals surface area contributed by atoms with Crippen LogP contribution in [-0.4, -0.2) is 59.0 Å². The number of nitrogens with zero attached hydrogens (tertiary/aromatic N) is 4. The van der Waals surface area contributed by atoms with Gasteiger partial charge in [0.2, 0.25) is 0 Å². The number of hydrogen-bond acceptors (Lipinski definition) is 5. The van der Waals surface area contributed by atoms with Crippen LogP contribution in [0, 0.1) is 12.3 Å². The molecule has 2 aliphatic rings. The molecular weight excluding hydrogens is 352 g/mol. The van der Waals surface area contributed by atoms with Crippen LogP contribution in [0.2, 0.25) is 0 Å². The number of ether oxygens (including phenoxy) is 1. The van der Waals surface area contributed by atoms with Crippen molar-refractivity contribution in [2.75, 3.05) is 33.3 Å². The molecule has 1 atom stereocenters. The second-order valence-corrected chi connectivity index (χ2v) is 8.19. The number of likely N-dealkylation sites (tertiary alicyclic amines) is 2. The molecule has 2 fully saturated rings. The first kappa shape index (κ1) is 18.9. The van der Waals surface area contributed by atoms with Crippen LogP contribution in [0.1, 0.15) is 41.0 Å². The van der Waals surface area contributed by atoms with Crippen LogP contribution >= 0.6 is 0 Å². The molecule has 2 aromatic rings. The maximum atomic E-state index is 12.8. The molecule has 4 rings (SSSR count). The van der Waals surface area contributed by atoms with Crippen molar-refractivity contribution in [2.45, 2.75) is 32.7 Å². The third-order valence-electron chi connectivity index (χ3n) is 6.01. The maximum absolute atomic E-state index is 12.8. The van der Waals surface area contributed by atoms with Gasteiger partial charge >= 0.3 is 0 Å². The number of piperidine rings is 1. The lowest BCUT2D eigenvalue weighted by molar-refractivity contribution is 0.0670. The van der Waals surface area contributed by atoms with Crippen molar-refractivity contribution in [3.05, 3.63) is 53.6 Å². The average Bonchev–Trinajstić information content (AvgIpc) is 3.11. The monoisotopic (exact) mass is 380 g/mol. The predicted molar refractivity (Wildman–Crippen MR) is 107 cm³/mol. The molecule has 28 heavy (non-hydrogen) atoms. The van der Waals surface area contributed by atoms with E-state index in [2.05, 4.69) is 27.0 Å². The largest absolute Gasteiger partial charge is 0.497 e. The van der Waals surface area contributed by atoms with E-state index in [0.29, 0.717) is 5.69 Å². The third kappa shape index (κ3) is 4.02. The van der Waals surface area contributed by atoms with Gasteiger partial charge in [0.05, 0.1) is 19.0 Å². The van der Waals surface area contributed by atoms with Gasteiger partial charge in [-0.25, -0.2) is 4.98 Å². The zero-order valence-corrected chi connectivity index (χ0v) is 16.7. The van der Waals surface area contributed by atoms with Crippen LogP contribution in [-0.2, 0) is 6.54 Å². The molecule has 6 heteroatoms. The summed E-state index contributed by atoms with van der Waals surface area (Å²) in [6, 6.07) is 8.30. The SMILES string of the molecule is COc1cccc(CN2CCC[C@@]3(CCN(C(=O)c4cnc(C)cn4)C3)C2)c1. The summed E-state index contributed by atoms with van der Waals surface area (Å²) in [4.78, 5) is 25.8. The molecule has 0 unspecified atom stereocenters. The zero-order chi connectivity index (χ0) is 19.6. The van der Waals surface area contributed by atoms with Gasteiger partial charge in [0.1, 0.15) is 11.4 Å². The van der Waals surface area contributed by atoms with E-state index >= 15 is 0 Å². The van der Waals surface area contributed by atoms with Crippen LogP contribution in [0.25, 0.3) is 0 Å². The molecule has 2 aliphatic heterocycles. The van der Waals surface area contributed by atoms with Crippen LogP contribution in [0.5, 0.6) is 5.75 Å². The van der Waals surface area contributed by atoms with Crippen LogP contribution in [0.3, 0.4) is 0 Å². The molecule has 0 aliphatic carbocycles. The molecule has 148 valence electrons. The van der Waals surface area contributed by atoms with Gasteiger partial charge in [0.15, 0.2) is 0 Å². The van der Waals surface area contributed by atoms with Crippen LogP contribution < -0.4 is 4.74 Å². The Balaban J connectivity index is 1.41. The van der Waals surface area contributed by atoms with Crippen molar-refractivity contribution in [3.8, 4) is 5.75 Å². The van der Waals surface area contributed by atoms with Gasteiger partial charge in [-0.1, -0.05) is 12.1 Å². The number of hydrogen-bond donors (Lipinski definition) is 0. The van der Waals surface area contributed by atoms with Crippen molar-refractivity contribution >= 4 is 5.91 Å². The van der Waals surface area contributed by atoms with E-state index in [1.54, 1.807) is 19.5 Å². The van der Waals surface area contributed by atoms with E-state index in [1.807, 2.05) is 24.0 Å². The summed E-state index contributed by atoms with van der Waals surface area (Å²) in [6.07, 6.45) is 6.68. The maximum Gasteiger partial charge on any atom is 0.274 e. The Hall–Kier alpha value is -2.47. The summed E-state index contributed by atoms with van der Waals surface area (Å²) in [5, 5.41) is 0. The molecule has 6 nitrogen and oxygen atoms in total. The summed E-state index contributed by atoms with van der Waals surface area (Å²) >= 11 is 0. The summed E-state index contributed by atoms with van der Waals surface area (Å²) in [5.41, 5.74) is 2.75. The third-order valence-corrected chi connectivity index (χ3v) is 6.01. The minimum absolute atomic E-state index is 0.00861. The minimum atomic E-state index is 0.00861. The summed E-state index contributed by atoms with van der Waals surface area (Å²) < 4.78 is 5.35. The highest BCUT2D eigenvalue weighted by atomic mass is 16.5. The first-order chi connectivity index (χ1) is 13.6. The van der Waals surface area contributed by atoms with Gasteiger partial charge < -0.3 is 9.64 Å². The number of rotatable bonds is 4. The van der Waals surface area contributed by atoms with E-state index in [9.17, 15) is 4.79 Å². The molecule has 0 bridgehead atoms. The van der Waals surface area contributed by atoms with E-state index in [4.69, 9.17) is 4.74 Å². The van der Waals surface area contributed by atoms with Gasteiger partial charge in [0, 0.05) is 37.8 Å². The fraction of sp³-hybridized carbons (Fsp3) is 0.500. The molecule has 1 amide bonds. The summed E-state index contributed by atoms with van der Waals surface area (Å²) in [7, 11) is 1.71. The van der Waals surface area contributed by atoms with Gasteiger partial charge in [0.25, 0.3) is 5.91 Å². The number of benzene rings is 1. The lowest BCUT2D eigenvalue weighted by Crippen LogP contribution is -2.45. The number of aromatic nitrogens is 2. The standard InChI is InChI=1S/C22H28N4O2/c1-17-12-24-20(13-23-17)21(27)26-10-8-22(16-26)7-4-9-25(15-22)14-18-5-3-6-19(11-18)28-2/h3,5-6,11-13H,4,7-10,14-16H2,1-2H3/t22-/m1/s1.